The molecule has 0 amide bonds. The van der Waals surface area contributed by atoms with Crippen molar-refractivity contribution in [1.82, 2.24) is 5.32 Å². The molecule has 0 unspecified atom stereocenters. The van der Waals surface area contributed by atoms with Gasteiger partial charge in [0.1, 0.15) is 4.99 Å². The molecule has 2 nitrogen and oxygen atoms in total. The highest BCUT2D eigenvalue weighted by molar-refractivity contribution is 7.82. The van der Waals surface area contributed by atoms with Crippen LogP contribution in [0.5, 0.6) is 0 Å². The Morgan fingerprint density at radius 3 is 2.45 bits per heavy atom. The van der Waals surface area contributed by atoms with Gasteiger partial charge in [0.2, 0.25) is 0 Å². The van der Waals surface area contributed by atoms with Gasteiger partial charge in [-0.05, 0) is 5.92 Å². The Morgan fingerprint density at radius 1 is 1.64 bits per heavy atom. The smallest absolute Gasteiger partial charge is 0.121 e. The zero-order chi connectivity index (χ0) is 8.85. The van der Waals surface area contributed by atoms with E-state index in [0.717, 1.165) is 5.71 Å². The predicted molar refractivity (Wildman–Crippen MR) is 54.1 cm³/mol. The van der Waals surface area contributed by atoms with Crippen LogP contribution in [0.2, 0.25) is 0 Å². The molecule has 3 heteroatoms. The maximum atomic E-state index is 5.03. The highest BCUT2D eigenvalue weighted by Crippen LogP contribution is 1.98. The molecule has 0 atom stereocenters. The molecule has 0 aromatic heterocycles. The first-order valence-corrected chi connectivity index (χ1v) is 3.95. The van der Waals surface area contributed by atoms with Crippen molar-refractivity contribution in [3.05, 3.63) is 12.8 Å². The molecule has 1 N–H and O–H groups in total. The Hall–Kier alpha value is -0.700. The fraction of sp³-hybridized carbons (Fsp3) is 0.500. The van der Waals surface area contributed by atoms with Crippen molar-refractivity contribution >= 4 is 22.9 Å². The van der Waals surface area contributed by atoms with Gasteiger partial charge in [-0.25, -0.2) is 0 Å². The van der Waals surface area contributed by atoms with E-state index in [2.05, 4.69) is 16.9 Å². The van der Waals surface area contributed by atoms with Gasteiger partial charge < -0.3 is 5.32 Å². The van der Waals surface area contributed by atoms with E-state index in [9.17, 15) is 0 Å². The lowest BCUT2D eigenvalue weighted by atomic mass is 10.1. The molecule has 11 heavy (non-hydrogen) atoms. The molecular weight excluding hydrogens is 156 g/mol. The molecule has 0 spiro atoms. The SMILES string of the molecule is C=CN=C(C(=S)NC)C(C)C. The second kappa shape index (κ2) is 5.02. The molecule has 0 heterocycles. The minimum atomic E-state index is 0.341. The van der Waals surface area contributed by atoms with Crippen LogP contribution in [0.4, 0.5) is 0 Å². The van der Waals surface area contributed by atoms with Gasteiger partial charge in [0.05, 0.1) is 5.71 Å². The van der Waals surface area contributed by atoms with Crippen molar-refractivity contribution in [1.29, 1.82) is 0 Å². The van der Waals surface area contributed by atoms with Gasteiger partial charge in [0.25, 0.3) is 0 Å². The quantitative estimate of drug-likeness (QED) is 0.515. The summed E-state index contributed by atoms with van der Waals surface area (Å²) in [5, 5.41) is 2.88. The highest BCUT2D eigenvalue weighted by atomic mass is 32.1. The maximum Gasteiger partial charge on any atom is 0.121 e. The van der Waals surface area contributed by atoms with E-state index in [1.807, 2.05) is 13.8 Å². The summed E-state index contributed by atoms with van der Waals surface area (Å²) in [7, 11) is 1.79. The van der Waals surface area contributed by atoms with E-state index < -0.39 is 0 Å². The third kappa shape index (κ3) is 3.28. The molecular formula is C8H14N2S. The molecule has 0 saturated carbocycles. The molecule has 0 aliphatic heterocycles. The third-order valence-electron chi connectivity index (χ3n) is 1.24. The Morgan fingerprint density at radius 2 is 2.18 bits per heavy atom. The van der Waals surface area contributed by atoms with Crippen molar-refractivity contribution in [3.63, 3.8) is 0 Å². The summed E-state index contributed by atoms with van der Waals surface area (Å²) >= 11 is 5.03. The molecule has 0 fully saturated rings. The average molecular weight is 170 g/mol. The van der Waals surface area contributed by atoms with E-state index in [1.54, 1.807) is 7.05 Å². The summed E-state index contributed by atoms with van der Waals surface area (Å²) in [6.45, 7) is 7.62. The van der Waals surface area contributed by atoms with Gasteiger partial charge in [0, 0.05) is 13.2 Å². The zero-order valence-corrected chi connectivity index (χ0v) is 8.03. The Kier molecular flexibility index (Phi) is 4.70. The first-order chi connectivity index (χ1) is 5.13. The molecule has 0 aliphatic carbocycles. The number of aliphatic imine (C=N–C) groups is 1. The molecule has 0 aromatic carbocycles. The van der Waals surface area contributed by atoms with Gasteiger partial charge in [-0.2, -0.15) is 0 Å². The second-order valence-electron chi connectivity index (χ2n) is 2.43. The molecule has 0 radical (unpaired) electrons. The lowest BCUT2D eigenvalue weighted by Gasteiger charge is -2.09. The van der Waals surface area contributed by atoms with E-state index in [4.69, 9.17) is 12.2 Å². The summed E-state index contributed by atoms with van der Waals surface area (Å²) < 4.78 is 0. The average Bonchev–Trinajstić information content (AvgIpc) is 1.98. The highest BCUT2D eigenvalue weighted by Gasteiger charge is 2.08. The lowest BCUT2D eigenvalue weighted by molar-refractivity contribution is 0.891. The Bertz CT molecular complexity index is 183. The molecule has 0 bridgehead atoms. The number of hydrogen-bond donors (Lipinski definition) is 1. The van der Waals surface area contributed by atoms with Gasteiger partial charge in [0.15, 0.2) is 0 Å². The number of hydrogen-bond acceptors (Lipinski definition) is 2. The predicted octanol–water partition coefficient (Wildman–Crippen LogP) is 1.77. The van der Waals surface area contributed by atoms with Crippen LogP contribution < -0.4 is 5.32 Å². The van der Waals surface area contributed by atoms with Gasteiger partial charge in [-0.15, -0.1) is 0 Å². The van der Waals surface area contributed by atoms with Crippen LogP contribution in [0, 0.1) is 5.92 Å². The molecule has 0 aromatic rings. The Balaban J connectivity index is 4.47. The fourth-order valence-electron chi connectivity index (χ4n) is 0.696. The summed E-state index contributed by atoms with van der Waals surface area (Å²) in [5.41, 5.74) is 0.887. The van der Waals surface area contributed by atoms with E-state index in [1.165, 1.54) is 6.20 Å². The zero-order valence-electron chi connectivity index (χ0n) is 7.22. The van der Waals surface area contributed by atoms with Crippen molar-refractivity contribution < 1.29 is 0 Å². The molecule has 0 rings (SSSR count). The summed E-state index contributed by atoms with van der Waals surface area (Å²) in [5.74, 6) is 0.341. The molecule has 0 saturated heterocycles. The van der Waals surface area contributed by atoms with Crippen molar-refractivity contribution in [3.8, 4) is 0 Å². The minimum Gasteiger partial charge on any atom is -0.378 e. The number of rotatable bonds is 3. The van der Waals surface area contributed by atoms with E-state index in [-0.39, 0.29) is 0 Å². The van der Waals surface area contributed by atoms with Crippen molar-refractivity contribution in [2.24, 2.45) is 10.9 Å². The van der Waals surface area contributed by atoms with E-state index >= 15 is 0 Å². The first kappa shape index (κ1) is 10.3. The topological polar surface area (TPSA) is 24.4 Å². The molecule has 0 aliphatic rings. The first-order valence-electron chi connectivity index (χ1n) is 3.54. The summed E-state index contributed by atoms with van der Waals surface area (Å²) in [6.07, 6.45) is 1.51. The number of thiocarbonyl (C=S) groups is 1. The maximum absolute atomic E-state index is 5.03. The van der Waals surface area contributed by atoms with Crippen LogP contribution >= 0.6 is 12.2 Å². The lowest BCUT2D eigenvalue weighted by Crippen LogP contribution is -2.29. The van der Waals surface area contributed by atoms with Crippen LogP contribution in [0.15, 0.2) is 17.8 Å². The van der Waals surface area contributed by atoms with Crippen molar-refractivity contribution in [2.75, 3.05) is 7.05 Å². The van der Waals surface area contributed by atoms with Crippen LogP contribution in [-0.4, -0.2) is 17.7 Å². The number of nitrogens with one attached hydrogen (secondary N) is 1. The van der Waals surface area contributed by atoms with Gasteiger partial charge in [-0.1, -0.05) is 32.6 Å². The summed E-state index contributed by atoms with van der Waals surface area (Å²) in [6, 6.07) is 0. The van der Waals surface area contributed by atoms with Gasteiger partial charge >= 0.3 is 0 Å². The monoisotopic (exact) mass is 170 g/mol. The third-order valence-corrected chi connectivity index (χ3v) is 1.65. The number of nitrogens with zero attached hydrogens (tertiary/aromatic N) is 1. The van der Waals surface area contributed by atoms with Crippen LogP contribution in [0.1, 0.15) is 13.8 Å². The fourth-order valence-corrected chi connectivity index (χ4v) is 0.985. The summed E-state index contributed by atoms with van der Waals surface area (Å²) in [4.78, 5) is 4.77. The second-order valence-corrected chi connectivity index (χ2v) is 2.84. The van der Waals surface area contributed by atoms with Crippen LogP contribution in [0.25, 0.3) is 0 Å². The van der Waals surface area contributed by atoms with E-state index in [0.29, 0.717) is 10.9 Å². The van der Waals surface area contributed by atoms with Crippen molar-refractivity contribution in [2.45, 2.75) is 13.8 Å². The van der Waals surface area contributed by atoms with Gasteiger partial charge in [-0.3, -0.25) is 4.99 Å². The standard InChI is InChI=1S/C8H14N2S/c1-5-10-7(6(2)3)8(11)9-4/h5-6H,1H2,2-4H3,(H,9,11). The normalized spacial score (nSPS) is 11.5. The largest absolute Gasteiger partial charge is 0.378 e. The van der Waals surface area contributed by atoms with Crippen LogP contribution in [0.3, 0.4) is 0 Å². The minimum absolute atomic E-state index is 0.341. The van der Waals surface area contributed by atoms with Crippen LogP contribution in [-0.2, 0) is 0 Å². The molecule has 62 valence electrons. The Labute approximate surface area is 73.4 Å².